The van der Waals surface area contributed by atoms with Crippen molar-refractivity contribution in [3.05, 3.63) is 54.1 Å². The highest BCUT2D eigenvalue weighted by molar-refractivity contribution is 5.94. The van der Waals surface area contributed by atoms with E-state index in [1.54, 1.807) is 24.3 Å². The van der Waals surface area contributed by atoms with Crippen LogP contribution in [0.25, 0.3) is 0 Å². The van der Waals surface area contributed by atoms with Gasteiger partial charge in [-0.15, -0.1) is 0 Å². The molecule has 0 radical (unpaired) electrons. The number of benzene rings is 1. The average molecular weight is 503 g/mol. The Bertz CT molecular complexity index is 998. The van der Waals surface area contributed by atoms with Gasteiger partial charge in [0, 0.05) is 24.7 Å². The molecule has 3 amide bonds. The number of aliphatic hydroxyl groups excluding tert-OH is 1. The Morgan fingerprint density at radius 2 is 1.56 bits per heavy atom. The van der Waals surface area contributed by atoms with Gasteiger partial charge in [0.05, 0.1) is 19.0 Å². The Kier molecular flexibility index (Phi) is 11.0. The molecule has 0 fully saturated rings. The summed E-state index contributed by atoms with van der Waals surface area (Å²) in [6.07, 6.45) is 3.26. The van der Waals surface area contributed by atoms with Crippen molar-refractivity contribution in [1.82, 2.24) is 25.9 Å². The van der Waals surface area contributed by atoms with Crippen LogP contribution in [0.3, 0.4) is 0 Å². The first-order valence-corrected chi connectivity index (χ1v) is 11.6. The third-order valence-corrected chi connectivity index (χ3v) is 5.39. The number of carbonyl (C=O) groups is 4. The summed E-state index contributed by atoms with van der Waals surface area (Å²) in [6.45, 7) is 3.05. The number of aromatic nitrogens is 2. The second-order valence-corrected chi connectivity index (χ2v) is 8.91. The fourth-order valence-corrected chi connectivity index (χ4v) is 3.51. The number of nitrogens with one attached hydrogen (secondary N) is 4. The number of hydrogen-bond donors (Lipinski definition) is 7. The standard InChI is InChI=1S/C24H34N6O6/c1-14(2)8-17(25)21(32)28-18(9-15-6-4-3-5-7-15)22(33)30-20(12-31)23(34)29-19(24(35)36)10-16-11-26-13-27-16/h3-7,11,13-14,17-20,31H,8-10,12,25H2,1-2H3,(H,26,27)(H,28,32)(H,29,34)(H,30,33)(H,35,36)/t17-,18-,19-,20-/m0/s1. The molecule has 4 atom stereocenters. The maximum Gasteiger partial charge on any atom is 0.326 e. The van der Waals surface area contributed by atoms with Crippen molar-refractivity contribution >= 4 is 23.7 Å². The number of carboxylic acid groups (broad SMARTS) is 1. The number of nitrogens with two attached hydrogens (primary N) is 1. The van der Waals surface area contributed by atoms with Crippen LogP contribution in [0.15, 0.2) is 42.9 Å². The van der Waals surface area contributed by atoms with Crippen LogP contribution in [0.1, 0.15) is 31.5 Å². The van der Waals surface area contributed by atoms with Crippen molar-refractivity contribution in [2.75, 3.05) is 6.61 Å². The number of nitrogens with zero attached hydrogens (tertiary/aromatic N) is 1. The highest BCUT2D eigenvalue weighted by Crippen LogP contribution is 2.07. The first-order chi connectivity index (χ1) is 17.1. The number of hydrogen-bond acceptors (Lipinski definition) is 7. The number of carbonyl (C=O) groups excluding carboxylic acids is 3. The molecule has 8 N–H and O–H groups in total. The molecule has 0 bridgehead atoms. The van der Waals surface area contributed by atoms with Crippen molar-refractivity contribution in [2.24, 2.45) is 11.7 Å². The van der Waals surface area contributed by atoms with Crippen molar-refractivity contribution in [1.29, 1.82) is 0 Å². The third-order valence-electron chi connectivity index (χ3n) is 5.39. The minimum absolute atomic E-state index is 0.0758. The first-order valence-electron chi connectivity index (χ1n) is 11.6. The zero-order valence-electron chi connectivity index (χ0n) is 20.3. The molecule has 196 valence electrons. The van der Waals surface area contributed by atoms with Crippen LogP contribution in [0.5, 0.6) is 0 Å². The molecule has 0 saturated carbocycles. The van der Waals surface area contributed by atoms with E-state index in [1.807, 2.05) is 19.9 Å². The maximum absolute atomic E-state index is 13.1. The van der Waals surface area contributed by atoms with Gasteiger partial charge in [-0.1, -0.05) is 44.2 Å². The predicted octanol–water partition coefficient (Wildman–Crippen LogP) is -0.900. The largest absolute Gasteiger partial charge is 0.480 e. The van der Waals surface area contributed by atoms with Gasteiger partial charge in [0.15, 0.2) is 0 Å². The summed E-state index contributed by atoms with van der Waals surface area (Å²) < 4.78 is 0. The molecule has 12 heteroatoms. The lowest BCUT2D eigenvalue weighted by Crippen LogP contribution is -2.58. The van der Waals surface area contributed by atoms with E-state index in [9.17, 15) is 29.4 Å². The van der Waals surface area contributed by atoms with E-state index in [1.165, 1.54) is 12.5 Å². The van der Waals surface area contributed by atoms with E-state index in [4.69, 9.17) is 5.73 Å². The van der Waals surface area contributed by atoms with E-state index in [2.05, 4.69) is 25.9 Å². The van der Waals surface area contributed by atoms with Gasteiger partial charge in [-0.2, -0.15) is 0 Å². The van der Waals surface area contributed by atoms with Gasteiger partial charge >= 0.3 is 5.97 Å². The number of rotatable bonds is 14. The monoisotopic (exact) mass is 502 g/mol. The lowest BCUT2D eigenvalue weighted by atomic mass is 10.0. The lowest BCUT2D eigenvalue weighted by Gasteiger charge is -2.24. The molecule has 0 saturated heterocycles. The fraction of sp³-hybridized carbons (Fsp3) is 0.458. The Balaban J connectivity index is 2.11. The van der Waals surface area contributed by atoms with Crippen molar-refractivity contribution in [2.45, 2.75) is 57.3 Å². The Morgan fingerprint density at radius 1 is 0.944 bits per heavy atom. The lowest BCUT2D eigenvalue weighted by molar-refractivity contribution is -0.142. The molecule has 1 aromatic heterocycles. The van der Waals surface area contributed by atoms with Gasteiger partial charge < -0.3 is 36.9 Å². The molecule has 2 rings (SSSR count). The number of amides is 3. The van der Waals surface area contributed by atoms with Crippen LogP contribution >= 0.6 is 0 Å². The Hall–Kier alpha value is -3.77. The van der Waals surface area contributed by atoms with Crippen LogP contribution in [0.2, 0.25) is 0 Å². The minimum Gasteiger partial charge on any atom is -0.480 e. The maximum atomic E-state index is 13.1. The van der Waals surface area contributed by atoms with Crippen LogP contribution < -0.4 is 21.7 Å². The first kappa shape index (κ1) is 28.5. The summed E-state index contributed by atoms with van der Waals surface area (Å²) in [5, 5.41) is 26.6. The molecule has 12 nitrogen and oxygen atoms in total. The summed E-state index contributed by atoms with van der Waals surface area (Å²) in [5.74, 6) is -3.26. The number of aromatic amines is 1. The van der Waals surface area contributed by atoms with E-state index >= 15 is 0 Å². The van der Waals surface area contributed by atoms with Gasteiger partial charge in [-0.3, -0.25) is 14.4 Å². The van der Waals surface area contributed by atoms with E-state index in [0.717, 1.165) is 5.56 Å². The van der Waals surface area contributed by atoms with E-state index in [0.29, 0.717) is 12.1 Å². The fourth-order valence-electron chi connectivity index (χ4n) is 3.51. The Labute approximate surface area is 209 Å². The van der Waals surface area contributed by atoms with Crippen molar-refractivity contribution in [3.63, 3.8) is 0 Å². The molecule has 1 aromatic carbocycles. The summed E-state index contributed by atoms with van der Waals surface area (Å²) in [4.78, 5) is 56.6. The highest BCUT2D eigenvalue weighted by Gasteiger charge is 2.30. The summed E-state index contributed by atoms with van der Waals surface area (Å²) >= 11 is 0. The summed E-state index contributed by atoms with van der Waals surface area (Å²) in [6, 6.07) is 4.26. The number of carboxylic acids is 1. The second-order valence-electron chi connectivity index (χ2n) is 8.91. The molecule has 0 unspecified atom stereocenters. The van der Waals surface area contributed by atoms with Gasteiger partial charge in [-0.25, -0.2) is 9.78 Å². The predicted molar refractivity (Wildman–Crippen MR) is 130 cm³/mol. The van der Waals surface area contributed by atoms with Gasteiger partial charge in [0.1, 0.15) is 18.1 Å². The van der Waals surface area contributed by atoms with Crippen molar-refractivity contribution in [3.8, 4) is 0 Å². The molecule has 0 aliphatic rings. The number of aliphatic hydroxyl groups is 1. The minimum atomic E-state index is -1.44. The highest BCUT2D eigenvalue weighted by atomic mass is 16.4. The summed E-state index contributed by atoms with van der Waals surface area (Å²) in [7, 11) is 0. The van der Waals surface area contributed by atoms with Crippen molar-refractivity contribution < 1.29 is 29.4 Å². The molecular formula is C24H34N6O6. The van der Waals surface area contributed by atoms with Gasteiger partial charge in [0.25, 0.3) is 0 Å². The zero-order chi connectivity index (χ0) is 26.7. The normalized spacial score (nSPS) is 14.4. The smallest absolute Gasteiger partial charge is 0.326 e. The topological polar surface area (TPSA) is 200 Å². The van der Waals surface area contributed by atoms with Crippen LogP contribution in [-0.4, -0.2) is 74.6 Å². The SMILES string of the molecule is CC(C)C[C@H](N)C(=O)N[C@@H](Cc1ccccc1)C(=O)N[C@@H](CO)C(=O)N[C@@H](Cc1cnc[nH]1)C(=O)O. The van der Waals surface area contributed by atoms with E-state index in [-0.39, 0.29) is 18.8 Å². The average Bonchev–Trinajstić information content (AvgIpc) is 3.34. The Morgan fingerprint density at radius 3 is 2.11 bits per heavy atom. The third kappa shape index (κ3) is 9.12. The number of imidazole rings is 1. The summed E-state index contributed by atoms with van der Waals surface area (Å²) in [5.41, 5.74) is 7.20. The molecule has 0 aliphatic carbocycles. The van der Waals surface area contributed by atoms with E-state index < -0.39 is 54.5 Å². The molecule has 2 aromatic rings. The molecule has 0 spiro atoms. The number of H-pyrrole nitrogens is 1. The van der Waals surface area contributed by atoms with Crippen LogP contribution in [0, 0.1) is 5.92 Å². The molecule has 0 aliphatic heterocycles. The zero-order valence-corrected chi connectivity index (χ0v) is 20.3. The van der Waals surface area contributed by atoms with Gasteiger partial charge in [0.2, 0.25) is 17.7 Å². The van der Waals surface area contributed by atoms with Gasteiger partial charge in [-0.05, 0) is 17.9 Å². The second kappa shape index (κ2) is 14.0. The molecular weight excluding hydrogens is 468 g/mol. The molecule has 36 heavy (non-hydrogen) atoms. The molecule has 1 heterocycles. The number of aliphatic carboxylic acids is 1. The quantitative estimate of drug-likeness (QED) is 0.172. The van der Waals surface area contributed by atoms with Crippen LogP contribution in [0.4, 0.5) is 0 Å². The van der Waals surface area contributed by atoms with Crippen LogP contribution in [-0.2, 0) is 32.0 Å².